The lowest BCUT2D eigenvalue weighted by atomic mass is 10.0. The number of furan rings is 1. The summed E-state index contributed by atoms with van der Waals surface area (Å²) in [4.78, 5) is 2.30. The molecule has 2 nitrogen and oxygen atoms in total. The highest BCUT2D eigenvalue weighted by Crippen LogP contribution is 2.45. The predicted octanol–water partition coefficient (Wildman–Crippen LogP) is 10.6. The van der Waals surface area contributed by atoms with Crippen molar-refractivity contribution >= 4 is 81.3 Å². The Morgan fingerprint density at radius 2 is 1.14 bits per heavy atom. The summed E-state index contributed by atoms with van der Waals surface area (Å²) < 4.78 is 8.96. The quantitative estimate of drug-likeness (QED) is 0.244. The summed E-state index contributed by atoms with van der Waals surface area (Å²) in [5.74, 6) is 0. The number of thiophene rings is 1. The van der Waals surface area contributed by atoms with Crippen LogP contribution in [0.3, 0.4) is 0 Å². The fourth-order valence-corrected chi connectivity index (χ4v) is 6.79. The van der Waals surface area contributed by atoms with Gasteiger partial charge in [-0.05, 0) is 77.5 Å². The Kier molecular flexibility index (Phi) is 4.42. The molecule has 0 amide bonds. The first-order valence-electron chi connectivity index (χ1n) is 12.4. The molecule has 0 aliphatic rings. The van der Waals surface area contributed by atoms with E-state index in [4.69, 9.17) is 4.42 Å². The van der Waals surface area contributed by atoms with Gasteiger partial charge in [0.05, 0.1) is 0 Å². The van der Waals surface area contributed by atoms with Crippen molar-refractivity contribution in [3.05, 3.63) is 127 Å². The zero-order valence-electron chi connectivity index (χ0n) is 19.9. The molecule has 8 aromatic rings. The largest absolute Gasteiger partial charge is 0.456 e. The first kappa shape index (κ1) is 20.6. The van der Waals surface area contributed by atoms with Crippen LogP contribution in [0.5, 0.6) is 0 Å². The summed E-state index contributed by atoms with van der Waals surface area (Å²) in [6, 6.07) is 45.2. The molecule has 0 fully saturated rings. The number of anilines is 3. The van der Waals surface area contributed by atoms with Crippen molar-refractivity contribution in [2.24, 2.45) is 0 Å². The normalized spacial score (nSPS) is 11.8. The molecule has 174 valence electrons. The summed E-state index contributed by atoms with van der Waals surface area (Å²) in [5, 5.41) is 7.48. The fraction of sp³-hybridized carbons (Fsp3) is 0. The minimum atomic E-state index is 0.912. The van der Waals surface area contributed by atoms with Crippen LogP contribution < -0.4 is 4.90 Å². The molecule has 2 heterocycles. The van der Waals surface area contributed by atoms with E-state index in [1.165, 1.54) is 36.3 Å². The van der Waals surface area contributed by atoms with Gasteiger partial charge in [-0.15, -0.1) is 11.3 Å². The Morgan fingerprint density at radius 3 is 1.86 bits per heavy atom. The molecule has 0 aliphatic carbocycles. The smallest absolute Gasteiger partial charge is 0.136 e. The number of nitrogens with zero attached hydrogens (tertiary/aromatic N) is 1. The molecule has 0 atom stereocenters. The second-order valence-electron chi connectivity index (χ2n) is 9.40. The standard InChI is InChI=1S/C34H21NOS/c1-3-11-24(12-4-1)35(25-13-5-2-6-14-25)26-15-17-30-29(21-26)33-31(36-30)18-16-27-28-19-22-9-7-8-10-23(22)20-32(28)37-34(27)33/h1-21H. The molecule has 0 radical (unpaired) electrons. The zero-order valence-corrected chi connectivity index (χ0v) is 20.7. The summed E-state index contributed by atoms with van der Waals surface area (Å²) >= 11 is 1.86. The van der Waals surface area contributed by atoms with Crippen LogP contribution in [0.15, 0.2) is 132 Å². The van der Waals surface area contributed by atoms with Gasteiger partial charge in [0.15, 0.2) is 0 Å². The molecule has 37 heavy (non-hydrogen) atoms. The van der Waals surface area contributed by atoms with Crippen LogP contribution in [0.1, 0.15) is 0 Å². The highest BCUT2D eigenvalue weighted by molar-refractivity contribution is 7.26. The monoisotopic (exact) mass is 491 g/mol. The van der Waals surface area contributed by atoms with Gasteiger partial charge in [0.1, 0.15) is 11.2 Å². The van der Waals surface area contributed by atoms with E-state index >= 15 is 0 Å². The summed E-state index contributed by atoms with van der Waals surface area (Å²) in [6.45, 7) is 0. The molecule has 3 heteroatoms. The van der Waals surface area contributed by atoms with Crippen LogP contribution in [0, 0.1) is 0 Å². The average Bonchev–Trinajstić information content (AvgIpc) is 3.50. The third-order valence-corrected chi connectivity index (χ3v) is 8.39. The maximum absolute atomic E-state index is 6.37. The number of para-hydroxylation sites is 2. The van der Waals surface area contributed by atoms with Gasteiger partial charge in [0.25, 0.3) is 0 Å². The Morgan fingerprint density at radius 1 is 0.486 bits per heavy atom. The van der Waals surface area contributed by atoms with Gasteiger partial charge in [-0.3, -0.25) is 0 Å². The Labute approximate surface area is 217 Å². The Balaban J connectivity index is 1.42. The van der Waals surface area contributed by atoms with Gasteiger partial charge in [-0.25, -0.2) is 0 Å². The maximum Gasteiger partial charge on any atom is 0.136 e. The maximum atomic E-state index is 6.37. The molecular formula is C34H21NOS. The van der Waals surface area contributed by atoms with Crippen LogP contribution in [-0.2, 0) is 0 Å². The summed E-state index contributed by atoms with van der Waals surface area (Å²) in [6.07, 6.45) is 0. The molecule has 6 aromatic carbocycles. The van der Waals surface area contributed by atoms with E-state index in [0.29, 0.717) is 0 Å². The van der Waals surface area contributed by atoms with Crippen LogP contribution in [0.4, 0.5) is 17.1 Å². The fourth-order valence-electron chi connectivity index (χ4n) is 5.51. The molecule has 0 saturated carbocycles. The van der Waals surface area contributed by atoms with E-state index in [1.807, 2.05) is 11.3 Å². The molecule has 2 aromatic heterocycles. The van der Waals surface area contributed by atoms with E-state index in [9.17, 15) is 0 Å². The number of benzene rings is 6. The van der Waals surface area contributed by atoms with E-state index in [-0.39, 0.29) is 0 Å². The number of rotatable bonds is 3. The highest BCUT2D eigenvalue weighted by Gasteiger charge is 2.18. The molecule has 0 unspecified atom stereocenters. The minimum absolute atomic E-state index is 0.912. The van der Waals surface area contributed by atoms with E-state index < -0.39 is 0 Å². The van der Waals surface area contributed by atoms with E-state index in [0.717, 1.165) is 33.6 Å². The lowest BCUT2D eigenvalue weighted by Crippen LogP contribution is -2.09. The number of hydrogen-bond donors (Lipinski definition) is 0. The van der Waals surface area contributed by atoms with Crippen molar-refractivity contribution in [2.75, 3.05) is 4.90 Å². The first-order chi connectivity index (χ1) is 18.3. The van der Waals surface area contributed by atoms with Gasteiger partial charge in [-0.2, -0.15) is 0 Å². The molecule has 0 spiro atoms. The first-order valence-corrected chi connectivity index (χ1v) is 13.3. The third kappa shape index (κ3) is 3.18. The van der Waals surface area contributed by atoms with Crippen molar-refractivity contribution in [2.45, 2.75) is 0 Å². The Bertz CT molecular complexity index is 2050. The molecule has 0 N–H and O–H groups in total. The molecule has 0 bridgehead atoms. The van der Waals surface area contributed by atoms with Crippen LogP contribution in [0.25, 0.3) is 52.9 Å². The SMILES string of the molecule is c1ccc(N(c2ccccc2)c2ccc3oc4ccc5c6cc7ccccc7cc6sc5c4c3c2)cc1. The number of fused-ring (bicyclic) bond motifs is 8. The second kappa shape index (κ2) is 7.95. The van der Waals surface area contributed by atoms with Crippen molar-refractivity contribution in [3.63, 3.8) is 0 Å². The second-order valence-corrected chi connectivity index (χ2v) is 10.5. The van der Waals surface area contributed by atoms with Crippen LogP contribution in [0.2, 0.25) is 0 Å². The van der Waals surface area contributed by atoms with Gasteiger partial charge >= 0.3 is 0 Å². The van der Waals surface area contributed by atoms with E-state index in [1.54, 1.807) is 0 Å². The van der Waals surface area contributed by atoms with Gasteiger partial charge in [0.2, 0.25) is 0 Å². The lowest BCUT2D eigenvalue weighted by molar-refractivity contribution is 0.669. The van der Waals surface area contributed by atoms with Gasteiger partial charge in [-0.1, -0.05) is 60.7 Å². The predicted molar refractivity (Wildman–Crippen MR) is 159 cm³/mol. The molecule has 8 rings (SSSR count). The van der Waals surface area contributed by atoms with Crippen molar-refractivity contribution in [1.82, 2.24) is 0 Å². The summed E-state index contributed by atoms with van der Waals surface area (Å²) in [7, 11) is 0. The highest BCUT2D eigenvalue weighted by atomic mass is 32.1. The molecule has 0 aliphatic heterocycles. The van der Waals surface area contributed by atoms with Crippen molar-refractivity contribution < 1.29 is 4.42 Å². The minimum Gasteiger partial charge on any atom is -0.456 e. The number of hydrogen-bond acceptors (Lipinski definition) is 3. The third-order valence-electron chi connectivity index (χ3n) is 7.21. The average molecular weight is 492 g/mol. The van der Waals surface area contributed by atoms with E-state index in [2.05, 4.69) is 132 Å². The van der Waals surface area contributed by atoms with Crippen molar-refractivity contribution in [3.8, 4) is 0 Å². The zero-order chi connectivity index (χ0) is 24.3. The van der Waals surface area contributed by atoms with Gasteiger partial charge in [0, 0.05) is 48.0 Å². The van der Waals surface area contributed by atoms with Crippen LogP contribution in [-0.4, -0.2) is 0 Å². The Hall–Kier alpha value is -4.60. The molecule has 0 saturated heterocycles. The van der Waals surface area contributed by atoms with Gasteiger partial charge < -0.3 is 9.32 Å². The van der Waals surface area contributed by atoms with Crippen molar-refractivity contribution in [1.29, 1.82) is 0 Å². The summed E-state index contributed by atoms with van der Waals surface area (Å²) in [5.41, 5.74) is 5.20. The lowest BCUT2D eigenvalue weighted by Gasteiger charge is -2.25. The topological polar surface area (TPSA) is 16.4 Å². The molecular weight excluding hydrogens is 470 g/mol. The van der Waals surface area contributed by atoms with Crippen LogP contribution >= 0.6 is 11.3 Å².